The second kappa shape index (κ2) is 10.9. The fraction of sp³-hybridized carbons (Fsp3) is 0.850. The number of fused-ring (bicyclic) bond motifs is 2. The largest absolute Gasteiger partial charge is 0.481 e. The van der Waals surface area contributed by atoms with Crippen LogP contribution in [0.15, 0.2) is 12.2 Å². The van der Waals surface area contributed by atoms with E-state index in [1.807, 2.05) is 6.08 Å². The van der Waals surface area contributed by atoms with E-state index in [2.05, 4.69) is 13.0 Å². The number of unbranched alkanes of at least 4 members (excludes halogenated alkanes) is 2. The summed E-state index contributed by atoms with van der Waals surface area (Å²) in [4.78, 5) is 10.5. The van der Waals surface area contributed by atoms with E-state index < -0.39 is 5.97 Å². The standard InChI is InChI=1S/C20H34O5/c1-2-3-4-6-15(21)8-9-16-17(19-11-10-18(16)25-19)12-14-24-13-5-7-20(22)23/h8-9,15-19,21H,2-7,10-14H2,1H3,(H,22,23)/t15?,16-,17+,18-,19+/m1/s1. The second-order valence-corrected chi connectivity index (χ2v) is 7.38. The monoisotopic (exact) mass is 354 g/mol. The van der Waals surface area contributed by atoms with E-state index >= 15 is 0 Å². The highest BCUT2D eigenvalue weighted by molar-refractivity contribution is 5.66. The Morgan fingerprint density at radius 3 is 2.80 bits per heavy atom. The Morgan fingerprint density at radius 2 is 2.04 bits per heavy atom. The van der Waals surface area contributed by atoms with Crippen LogP contribution in [0.3, 0.4) is 0 Å². The lowest BCUT2D eigenvalue weighted by molar-refractivity contribution is -0.137. The van der Waals surface area contributed by atoms with Crippen LogP contribution in [0, 0.1) is 11.8 Å². The molecular formula is C20H34O5. The highest BCUT2D eigenvalue weighted by Gasteiger charge is 2.47. The van der Waals surface area contributed by atoms with Crippen LogP contribution in [0.4, 0.5) is 0 Å². The van der Waals surface area contributed by atoms with Crippen molar-refractivity contribution in [2.45, 2.75) is 83.0 Å². The first-order chi connectivity index (χ1) is 12.1. The van der Waals surface area contributed by atoms with E-state index in [-0.39, 0.29) is 12.5 Å². The number of carboxylic acid groups (broad SMARTS) is 1. The molecule has 5 nitrogen and oxygen atoms in total. The molecule has 2 bridgehead atoms. The van der Waals surface area contributed by atoms with E-state index in [1.165, 1.54) is 12.8 Å². The molecule has 2 fully saturated rings. The Balaban J connectivity index is 1.71. The van der Waals surface area contributed by atoms with Crippen molar-refractivity contribution in [3.63, 3.8) is 0 Å². The average molecular weight is 354 g/mol. The van der Waals surface area contributed by atoms with E-state index in [0.29, 0.717) is 43.7 Å². The van der Waals surface area contributed by atoms with Gasteiger partial charge < -0.3 is 19.7 Å². The fourth-order valence-corrected chi connectivity index (χ4v) is 4.06. The van der Waals surface area contributed by atoms with Crippen LogP contribution in [-0.2, 0) is 14.3 Å². The zero-order chi connectivity index (χ0) is 18.1. The maximum Gasteiger partial charge on any atom is 0.303 e. The molecule has 0 aromatic rings. The quantitative estimate of drug-likeness (QED) is 0.391. The maximum atomic E-state index is 10.5. The number of hydrogen-bond acceptors (Lipinski definition) is 4. The van der Waals surface area contributed by atoms with Crippen molar-refractivity contribution >= 4 is 5.97 Å². The van der Waals surface area contributed by atoms with Gasteiger partial charge in [-0.15, -0.1) is 0 Å². The summed E-state index contributed by atoms with van der Waals surface area (Å²) in [5.41, 5.74) is 0. The first kappa shape index (κ1) is 20.4. The molecule has 2 saturated heterocycles. The van der Waals surface area contributed by atoms with Crippen molar-refractivity contribution in [1.29, 1.82) is 0 Å². The summed E-state index contributed by atoms with van der Waals surface area (Å²) < 4.78 is 11.7. The molecule has 0 saturated carbocycles. The van der Waals surface area contributed by atoms with Crippen LogP contribution >= 0.6 is 0 Å². The van der Waals surface area contributed by atoms with E-state index in [4.69, 9.17) is 14.6 Å². The number of rotatable bonds is 13. The molecular weight excluding hydrogens is 320 g/mol. The Labute approximate surface area is 151 Å². The third-order valence-electron chi connectivity index (χ3n) is 5.42. The van der Waals surface area contributed by atoms with Crippen LogP contribution in [-0.4, -0.2) is 47.7 Å². The molecule has 0 aromatic carbocycles. The Kier molecular flexibility index (Phi) is 8.93. The minimum Gasteiger partial charge on any atom is -0.481 e. The molecule has 25 heavy (non-hydrogen) atoms. The van der Waals surface area contributed by atoms with Crippen molar-refractivity contribution in [2.75, 3.05) is 13.2 Å². The highest BCUT2D eigenvalue weighted by Crippen LogP contribution is 2.45. The fourth-order valence-electron chi connectivity index (χ4n) is 4.06. The summed E-state index contributed by atoms with van der Waals surface area (Å²) in [5.74, 6) is 0.0623. The molecule has 0 aromatic heterocycles. The predicted molar refractivity (Wildman–Crippen MR) is 96.5 cm³/mol. The number of carbonyl (C=O) groups is 1. The molecule has 2 aliphatic rings. The average Bonchev–Trinajstić information content (AvgIpc) is 3.17. The zero-order valence-electron chi connectivity index (χ0n) is 15.4. The summed E-state index contributed by atoms with van der Waals surface area (Å²) in [6.45, 7) is 3.33. The van der Waals surface area contributed by atoms with Gasteiger partial charge in [-0.2, -0.15) is 0 Å². The minimum absolute atomic E-state index is 0.165. The van der Waals surface area contributed by atoms with Gasteiger partial charge in [-0.3, -0.25) is 4.79 Å². The van der Waals surface area contributed by atoms with Crippen molar-refractivity contribution in [2.24, 2.45) is 11.8 Å². The maximum absolute atomic E-state index is 10.5. The lowest BCUT2D eigenvalue weighted by Crippen LogP contribution is -2.27. The molecule has 2 rings (SSSR count). The summed E-state index contributed by atoms with van der Waals surface area (Å²) in [7, 11) is 0. The van der Waals surface area contributed by atoms with Crippen LogP contribution in [0.25, 0.3) is 0 Å². The number of aliphatic hydroxyl groups is 1. The summed E-state index contributed by atoms with van der Waals surface area (Å²) in [5, 5.41) is 18.7. The smallest absolute Gasteiger partial charge is 0.303 e. The van der Waals surface area contributed by atoms with Crippen molar-refractivity contribution < 1.29 is 24.5 Å². The Hall–Kier alpha value is -0.910. The number of hydrogen-bond donors (Lipinski definition) is 2. The molecule has 0 radical (unpaired) electrons. The Bertz CT molecular complexity index is 422. The molecule has 2 N–H and O–H groups in total. The van der Waals surface area contributed by atoms with Gasteiger partial charge in [-0.05, 0) is 38.0 Å². The number of aliphatic hydroxyl groups excluding tert-OH is 1. The SMILES string of the molecule is CCCCCC(O)C=C[C@@H]1[C@H](CCOCCCC(=O)O)[C@@H]2CC[C@H]1O2. The number of ether oxygens (including phenoxy) is 2. The third kappa shape index (κ3) is 6.72. The van der Waals surface area contributed by atoms with Gasteiger partial charge in [0.25, 0.3) is 0 Å². The molecule has 5 heteroatoms. The van der Waals surface area contributed by atoms with Gasteiger partial charge in [-0.25, -0.2) is 0 Å². The zero-order valence-corrected chi connectivity index (χ0v) is 15.4. The van der Waals surface area contributed by atoms with Crippen molar-refractivity contribution in [1.82, 2.24) is 0 Å². The Morgan fingerprint density at radius 1 is 1.24 bits per heavy atom. The third-order valence-corrected chi connectivity index (χ3v) is 5.42. The molecule has 0 aliphatic carbocycles. The summed E-state index contributed by atoms with van der Waals surface area (Å²) in [6, 6.07) is 0. The first-order valence-corrected chi connectivity index (χ1v) is 9.93. The van der Waals surface area contributed by atoms with Crippen LogP contribution < -0.4 is 0 Å². The predicted octanol–water partition coefficient (Wildman–Crippen LogP) is 3.55. The lowest BCUT2D eigenvalue weighted by atomic mass is 9.77. The molecule has 144 valence electrons. The molecule has 2 aliphatic heterocycles. The lowest BCUT2D eigenvalue weighted by Gasteiger charge is -2.26. The molecule has 0 spiro atoms. The van der Waals surface area contributed by atoms with Gasteiger partial charge in [-0.1, -0.05) is 38.3 Å². The van der Waals surface area contributed by atoms with Crippen molar-refractivity contribution in [3.05, 3.63) is 12.2 Å². The summed E-state index contributed by atoms with van der Waals surface area (Å²) >= 11 is 0. The molecule has 0 amide bonds. The van der Waals surface area contributed by atoms with E-state index in [1.54, 1.807) is 0 Å². The van der Waals surface area contributed by atoms with E-state index in [9.17, 15) is 9.90 Å². The number of aliphatic carboxylic acids is 1. The topological polar surface area (TPSA) is 76.0 Å². The minimum atomic E-state index is -0.771. The van der Waals surface area contributed by atoms with Gasteiger partial charge in [0.1, 0.15) is 0 Å². The van der Waals surface area contributed by atoms with E-state index in [0.717, 1.165) is 32.1 Å². The van der Waals surface area contributed by atoms with Crippen LogP contribution in [0.5, 0.6) is 0 Å². The highest BCUT2D eigenvalue weighted by atomic mass is 16.5. The van der Waals surface area contributed by atoms with Crippen LogP contribution in [0.1, 0.15) is 64.7 Å². The van der Waals surface area contributed by atoms with Gasteiger partial charge in [0.2, 0.25) is 0 Å². The van der Waals surface area contributed by atoms with Crippen LogP contribution in [0.2, 0.25) is 0 Å². The molecule has 5 atom stereocenters. The van der Waals surface area contributed by atoms with Gasteiger partial charge in [0.05, 0.1) is 18.3 Å². The number of carboxylic acids is 1. The molecule has 2 heterocycles. The first-order valence-electron chi connectivity index (χ1n) is 9.93. The van der Waals surface area contributed by atoms with Gasteiger partial charge >= 0.3 is 5.97 Å². The normalized spacial score (nSPS) is 29.5. The van der Waals surface area contributed by atoms with Crippen molar-refractivity contribution in [3.8, 4) is 0 Å². The molecule has 1 unspecified atom stereocenters. The van der Waals surface area contributed by atoms with Gasteiger partial charge in [0.15, 0.2) is 0 Å². The van der Waals surface area contributed by atoms with Gasteiger partial charge in [0, 0.05) is 25.6 Å². The second-order valence-electron chi connectivity index (χ2n) is 7.38. The summed E-state index contributed by atoms with van der Waals surface area (Å²) in [6.07, 6.45) is 12.6.